The molecule has 3 nitrogen and oxygen atoms in total. The number of rotatable bonds is 5. The standard InChI is InChI=1S/C16H31NO2/c1-3-13-7-9-16(18,10-8-13)12-17-14-5-4-6-15(11-14)19-2/h13-15,17-18H,3-12H2,1-2H3. The van der Waals surface area contributed by atoms with Crippen LogP contribution in [0.3, 0.4) is 0 Å². The molecule has 0 aromatic heterocycles. The second kappa shape index (κ2) is 7.05. The smallest absolute Gasteiger partial charge is 0.0771 e. The third kappa shape index (κ3) is 4.44. The van der Waals surface area contributed by atoms with Gasteiger partial charge in [0.2, 0.25) is 0 Å². The monoisotopic (exact) mass is 269 g/mol. The van der Waals surface area contributed by atoms with Gasteiger partial charge >= 0.3 is 0 Å². The zero-order valence-electron chi connectivity index (χ0n) is 12.7. The van der Waals surface area contributed by atoms with Gasteiger partial charge in [0.05, 0.1) is 11.7 Å². The minimum absolute atomic E-state index is 0.414. The van der Waals surface area contributed by atoms with Crippen LogP contribution in [0.1, 0.15) is 64.7 Å². The van der Waals surface area contributed by atoms with Gasteiger partial charge in [-0.05, 0) is 57.3 Å². The van der Waals surface area contributed by atoms with E-state index in [1.54, 1.807) is 0 Å². The summed E-state index contributed by atoms with van der Waals surface area (Å²) in [6.07, 6.45) is 10.8. The largest absolute Gasteiger partial charge is 0.389 e. The Bertz CT molecular complexity index is 261. The molecule has 0 spiro atoms. The summed E-state index contributed by atoms with van der Waals surface area (Å²) in [6.45, 7) is 3.03. The van der Waals surface area contributed by atoms with Crippen molar-refractivity contribution in [2.24, 2.45) is 5.92 Å². The lowest BCUT2D eigenvalue weighted by Gasteiger charge is -2.38. The molecule has 0 aliphatic heterocycles. The SMILES string of the molecule is CCC1CCC(O)(CNC2CCCC(OC)C2)CC1. The van der Waals surface area contributed by atoms with Crippen LogP contribution >= 0.6 is 0 Å². The summed E-state index contributed by atoms with van der Waals surface area (Å²) in [4.78, 5) is 0. The van der Waals surface area contributed by atoms with Crippen molar-refractivity contribution in [3.8, 4) is 0 Å². The molecule has 2 atom stereocenters. The van der Waals surface area contributed by atoms with Crippen molar-refractivity contribution >= 4 is 0 Å². The van der Waals surface area contributed by atoms with Gasteiger partial charge in [-0.3, -0.25) is 0 Å². The minimum atomic E-state index is -0.453. The molecule has 0 radical (unpaired) electrons. The van der Waals surface area contributed by atoms with Gasteiger partial charge in [0.25, 0.3) is 0 Å². The zero-order chi connectivity index (χ0) is 13.7. The summed E-state index contributed by atoms with van der Waals surface area (Å²) >= 11 is 0. The molecule has 2 unspecified atom stereocenters. The van der Waals surface area contributed by atoms with Crippen molar-refractivity contribution in [1.29, 1.82) is 0 Å². The Labute approximate surface area is 118 Å². The average Bonchev–Trinajstić information content (AvgIpc) is 2.46. The highest BCUT2D eigenvalue weighted by molar-refractivity contribution is 4.89. The normalized spacial score (nSPS) is 40.3. The first-order valence-corrected chi connectivity index (χ1v) is 8.14. The van der Waals surface area contributed by atoms with E-state index in [2.05, 4.69) is 12.2 Å². The molecule has 2 fully saturated rings. The summed E-state index contributed by atoms with van der Waals surface area (Å²) in [6, 6.07) is 0.534. The molecular weight excluding hydrogens is 238 g/mol. The number of methoxy groups -OCH3 is 1. The third-order valence-corrected chi connectivity index (χ3v) is 5.29. The highest BCUT2D eigenvalue weighted by Crippen LogP contribution is 2.33. The van der Waals surface area contributed by atoms with E-state index in [9.17, 15) is 5.11 Å². The van der Waals surface area contributed by atoms with Crippen molar-refractivity contribution < 1.29 is 9.84 Å². The molecule has 0 heterocycles. The molecule has 19 heavy (non-hydrogen) atoms. The maximum atomic E-state index is 10.6. The Kier molecular flexibility index (Phi) is 5.67. The van der Waals surface area contributed by atoms with Gasteiger partial charge in [0.1, 0.15) is 0 Å². The van der Waals surface area contributed by atoms with Crippen LogP contribution in [-0.4, -0.2) is 36.5 Å². The van der Waals surface area contributed by atoms with Gasteiger partial charge in [-0.1, -0.05) is 13.3 Å². The fraction of sp³-hybridized carbons (Fsp3) is 1.00. The van der Waals surface area contributed by atoms with E-state index in [1.165, 1.54) is 38.5 Å². The van der Waals surface area contributed by atoms with E-state index in [-0.39, 0.29) is 0 Å². The second-order valence-corrected chi connectivity index (χ2v) is 6.68. The van der Waals surface area contributed by atoms with E-state index in [0.717, 1.165) is 31.7 Å². The highest BCUT2D eigenvalue weighted by atomic mass is 16.5. The molecule has 0 aromatic rings. The maximum absolute atomic E-state index is 10.6. The summed E-state index contributed by atoms with van der Waals surface area (Å²) in [5.41, 5.74) is -0.453. The van der Waals surface area contributed by atoms with Crippen molar-refractivity contribution in [2.75, 3.05) is 13.7 Å². The molecular formula is C16H31NO2. The highest BCUT2D eigenvalue weighted by Gasteiger charge is 2.33. The van der Waals surface area contributed by atoms with E-state index in [4.69, 9.17) is 4.74 Å². The van der Waals surface area contributed by atoms with Crippen LogP contribution in [0.5, 0.6) is 0 Å². The Balaban J connectivity index is 1.72. The number of nitrogens with one attached hydrogen (secondary N) is 1. The first kappa shape index (κ1) is 15.3. The topological polar surface area (TPSA) is 41.5 Å². The fourth-order valence-corrected chi connectivity index (χ4v) is 3.68. The molecule has 2 aliphatic rings. The van der Waals surface area contributed by atoms with Crippen LogP contribution in [-0.2, 0) is 4.74 Å². The molecule has 2 saturated carbocycles. The molecule has 0 amide bonds. The molecule has 3 heteroatoms. The van der Waals surface area contributed by atoms with Crippen LogP contribution in [0.25, 0.3) is 0 Å². The maximum Gasteiger partial charge on any atom is 0.0771 e. The molecule has 2 N–H and O–H groups in total. The van der Waals surface area contributed by atoms with E-state index in [1.807, 2.05) is 7.11 Å². The average molecular weight is 269 g/mol. The number of aliphatic hydroxyl groups is 1. The summed E-state index contributed by atoms with van der Waals surface area (Å²) < 4.78 is 5.46. The second-order valence-electron chi connectivity index (χ2n) is 6.68. The third-order valence-electron chi connectivity index (χ3n) is 5.29. The van der Waals surface area contributed by atoms with Gasteiger partial charge in [0, 0.05) is 19.7 Å². The van der Waals surface area contributed by atoms with Crippen LogP contribution in [0.4, 0.5) is 0 Å². The molecule has 0 aromatic carbocycles. The minimum Gasteiger partial charge on any atom is -0.389 e. The van der Waals surface area contributed by atoms with Gasteiger partial charge in [-0.25, -0.2) is 0 Å². The Morgan fingerprint density at radius 2 is 1.95 bits per heavy atom. The summed E-state index contributed by atoms with van der Waals surface area (Å²) in [7, 11) is 1.81. The van der Waals surface area contributed by atoms with E-state index < -0.39 is 5.60 Å². The predicted molar refractivity (Wildman–Crippen MR) is 78.3 cm³/mol. The van der Waals surface area contributed by atoms with Gasteiger partial charge in [-0.2, -0.15) is 0 Å². The molecule has 0 bridgehead atoms. The van der Waals surface area contributed by atoms with Crippen LogP contribution in [0.2, 0.25) is 0 Å². The molecule has 2 rings (SSSR count). The first-order valence-electron chi connectivity index (χ1n) is 8.14. The lowest BCUT2D eigenvalue weighted by atomic mass is 9.77. The van der Waals surface area contributed by atoms with Crippen molar-refractivity contribution in [3.05, 3.63) is 0 Å². The number of ether oxygens (including phenoxy) is 1. The van der Waals surface area contributed by atoms with E-state index >= 15 is 0 Å². The molecule has 112 valence electrons. The van der Waals surface area contributed by atoms with Gasteiger partial charge < -0.3 is 15.2 Å². The molecule has 0 saturated heterocycles. The van der Waals surface area contributed by atoms with Gasteiger partial charge in [-0.15, -0.1) is 0 Å². The Hall–Kier alpha value is -0.120. The lowest BCUT2D eigenvalue weighted by Crippen LogP contribution is -2.48. The fourth-order valence-electron chi connectivity index (χ4n) is 3.68. The van der Waals surface area contributed by atoms with Crippen LogP contribution in [0.15, 0.2) is 0 Å². The summed E-state index contributed by atoms with van der Waals surface area (Å²) in [5.74, 6) is 0.841. The van der Waals surface area contributed by atoms with E-state index in [0.29, 0.717) is 12.1 Å². The van der Waals surface area contributed by atoms with Crippen LogP contribution in [0, 0.1) is 5.92 Å². The zero-order valence-corrected chi connectivity index (χ0v) is 12.7. The molecule has 2 aliphatic carbocycles. The first-order chi connectivity index (χ1) is 9.15. The quantitative estimate of drug-likeness (QED) is 0.806. The predicted octanol–water partition coefficient (Wildman–Crippen LogP) is 2.86. The number of hydrogen-bond donors (Lipinski definition) is 2. The van der Waals surface area contributed by atoms with Gasteiger partial charge in [0.15, 0.2) is 0 Å². The summed E-state index contributed by atoms with van der Waals surface area (Å²) in [5, 5.41) is 14.2. The van der Waals surface area contributed by atoms with Crippen molar-refractivity contribution in [2.45, 2.75) is 82.5 Å². The number of hydrogen-bond acceptors (Lipinski definition) is 3. The Morgan fingerprint density at radius 3 is 2.58 bits per heavy atom. The Morgan fingerprint density at radius 1 is 1.21 bits per heavy atom. The van der Waals surface area contributed by atoms with Crippen LogP contribution < -0.4 is 5.32 Å². The van der Waals surface area contributed by atoms with Crippen molar-refractivity contribution in [1.82, 2.24) is 5.32 Å². The lowest BCUT2D eigenvalue weighted by molar-refractivity contribution is -0.0149. The van der Waals surface area contributed by atoms with Crippen molar-refractivity contribution in [3.63, 3.8) is 0 Å².